The van der Waals surface area contributed by atoms with Gasteiger partial charge in [-0.2, -0.15) is 0 Å². The van der Waals surface area contributed by atoms with Gasteiger partial charge in [0, 0.05) is 36.3 Å². The van der Waals surface area contributed by atoms with E-state index < -0.39 is 5.91 Å². The van der Waals surface area contributed by atoms with Gasteiger partial charge in [0.25, 0.3) is 5.91 Å². The maximum atomic E-state index is 13.8. The lowest BCUT2D eigenvalue weighted by atomic mass is 10.1. The number of hydrogen-bond acceptors (Lipinski definition) is 7. The van der Waals surface area contributed by atoms with Gasteiger partial charge in [0.2, 0.25) is 5.91 Å². The summed E-state index contributed by atoms with van der Waals surface area (Å²) in [6.07, 6.45) is 0.604. The van der Waals surface area contributed by atoms with Crippen LogP contribution in [-0.4, -0.2) is 42.0 Å². The number of para-hydroxylation sites is 1. The Morgan fingerprint density at radius 1 is 1.03 bits per heavy atom. The van der Waals surface area contributed by atoms with Crippen molar-refractivity contribution in [1.29, 1.82) is 0 Å². The topological polar surface area (TPSA) is 91.0 Å². The number of nitrogens with two attached hydrogens (primary N) is 1. The molecule has 1 fully saturated rings. The van der Waals surface area contributed by atoms with Gasteiger partial charge in [-0.05, 0) is 66.6 Å². The Balaban J connectivity index is 1.44. The van der Waals surface area contributed by atoms with Gasteiger partial charge in [0.1, 0.15) is 4.91 Å². The summed E-state index contributed by atoms with van der Waals surface area (Å²) in [6, 6.07) is 23.6. The third kappa shape index (κ3) is 5.30. The van der Waals surface area contributed by atoms with Crippen LogP contribution in [0.1, 0.15) is 28.4 Å². The minimum absolute atomic E-state index is 0.0381. The highest BCUT2D eigenvalue weighted by Crippen LogP contribution is 2.49. The summed E-state index contributed by atoms with van der Waals surface area (Å²) < 4.78 is 0. The summed E-state index contributed by atoms with van der Waals surface area (Å²) >= 11 is 3.05. The van der Waals surface area contributed by atoms with Crippen molar-refractivity contribution in [1.82, 2.24) is 4.90 Å². The van der Waals surface area contributed by atoms with E-state index >= 15 is 0 Å². The predicted octanol–water partition coefficient (Wildman–Crippen LogP) is 5.30. The fourth-order valence-corrected chi connectivity index (χ4v) is 6.80. The summed E-state index contributed by atoms with van der Waals surface area (Å²) in [7, 11) is 2.00. The minimum atomic E-state index is -0.456. The second-order valence-electron chi connectivity index (χ2n) is 8.92. The zero-order valence-electron chi connectivity index (χ0n) is 21.3. The lowest BCUT2D eigenvalue weighted by Crippen LogP contribution is -2.29. The number of nitrogens with zero attached hydrogens (tertiary/aromatic N) is 3. The van der Waals surface area contributed by atoms with Crippen LogP contribution in [0, 0.1) is 0 Å². The highest BCUT2D eigenvalue weighted by Gasteiger charge is 2.39. The Kier molecular flexibility index (Phi) is 7.76. The lowest BCUT2D eigenvalue weighted by molar-refractivity contribution is -0.122. The largest absolute Gasteiger partial charge is 0.385 e. The number of fused-ring (bicyclic) bond motifs is 1. The molecule has 2 aliphatic rings. The summed E-state index contributed by atoms with van der Waals surface area (Å²) in [5, 5.41) is 4.95. The van der Waals surface area contributed by atoms with Crippen molar-refractivity contribution in [3.8, 4) is 0 Å². The van der Waals surface area contributed by atoms with Gasteiger partial charge in [-0.25, -0.2) is 0 Å². The molecule has 2 amide bonds. The van der Waals surface area contributed by atoms with Crippen LogP contribution in [0.15, 0.2) is 92.6 Å². The van der Waals surface area contributed by atoms with E-state index in [0.717, 1.165) is 39.0 Å². The van der Waals surface area contributed by atoms with E-state index in [9.17, 15) is 9.59 Å². The van der Waals surface area contributed by atoms with Gasteiger partial charge in [0.05, 0.1) is 17.3 Å². The molecule has 2 heterocycles. The summed E-state index contributed by atoms with van der Waals surface area (Å²) in [6.45, 7) is 3.70. The van der Waals surface area contributed by atoms with E-state index in [1.54, 1.807) is 22.7 Å². The molecule has 194 valence electrons. The Morgan fingerprint density at radius 3 is 2.53 bits per heavy atom. The van der Waals surface area contributed by atoms with Gasteiger partial charge in [-0.3, -0.25) is 19.5 Å². The molecule has 0 spiro atoms. The number of amides is 2. The number of benzene rings is 3. The maximum absolute atomic E-state index is 13.8. The van der Waals surface area contributed by atoms with Crippen LogP contribution >= 0.6 is 23.5 Å². The van der Waals surface area contributed by atoms with Gasteiger partial charge in [-0.15, -0.1) is 0 Å². The zero-order valence-corrected chi connectivity index (χ0v) is 22.9. The van der Waals surface area contributed by atoms with E-state index in [-0.39, 0.29) is 5.91 Å². The Morgan fingerprint density at radius 2 is 1.79 bits per heavy atom. The van der Waals surface area contributed by atoms with Gasteiger partial charge in [-0.1, -0.05) is 54.2 Å². The third-order valence-corrected chi connectivity index (χ3v) is 8.83. The first kappa shape index (κ1) is 25.9. The smallest absolute Gasteiger partial charge is 0.269 e. The lowest BCUT2D eigenvalue weighted by Gasteiger charge is -2.17. The number of carbonyl (C=O) groups is 2. The van der Waals surface area contributed by atoms with Crippen LogP contribution in [0.3, 0.4) is 0 Å². The van der Waals surface area contributed by atoms with Crippen molar-refractivity contribution in [2.45, 2.75) is 24.8 Å². The van der Waals surface area contributed by atoms with Crippen LogP contribution in [0.4, 0.5) is 11.4 Å². The Labute approximate surface area is 231 Å². The first-order valence-electron chi connectivity index (χ1n) is 12.5. The fourth-order valence-electron chi connectivity index (χ4n) is 4.45. The molecule has 0 saturated carbocycles. The van der Waals surface area contributed by atoms with Crippen molar-refractivity contribution in [3.05, 3.63) is 99.4 Å². The molecule has 0 aromatic heterocycles. The maximum Gasteiger partial charge on any atom is 0.269 e. The number of thioether (sulfide) groups is 2. The van der Waals surface area contributed by atoms with Crippen molar-refractivity contribution in [2.24, 2.45) is 10.7 Å². The normalized spacial score (nSPS) is 17.8. The molecular weight excluding hydrogens is 514 g/mol. The third-order valence-electron chi connectivity index (χ3n) is 6.36. The zero-order chi connectivity index (χ0) is 26.6. The Bertz CT molecular complexity index is 1440. The molecule has 0 aliphatic carbocycles. The van der Waals surface area contributed by atoms with Crippen molar-refractivity contribution < 1.29 is 9.59 Å². The molecule has 3 aromatic carbocycles. The first-order valence-corrected chi connectivity index (χ1v) is 14.1. The fraction of sp³-hybridized carbons (Fsp3) is 0.207. The van der Waals surface area contributed by atoms with E-state index in [1.165, 1.54) is 11.8 Å². The second-order valence-corrected chi connectivity index (χ2v) is 10.9. The number of nitrogens with one attached hydrogen (secondary N) is 1. The van der Waals surface area contributed by atoms with Crippen molar-refractivity contribution in [2.75, 3.05) is 30.4 Å². The summed E-state index contributed by atoms with van der Waals surface area (Å²) in [4.78, 5) is 36.1. The van der Waals surface area contributed by atoms with Crippen LogP contribution in [0.5, 0.6) is 0 Å². The van der Waals surface area contributed by atoms with Crippen LogP contribution in [0.25, 0.3) is 0 Å². The number of anilines is 2. The molecule has 7 nitrogen and oxygen atoms in total. The quantitative estimate of drug-likeness (QED) is 0.375. The van der Waals surface area contributed by atoms with Crippen LogP contribution < -0.4 is 16.0 Å². The average Bonchev–Trinajstić information content (AvgIpc) is 3.41. The highest BCUT2D eigenvalue weighted by molar-refractivity contribution is 8.19. The van der Waals surface area contributed by atoms with Crippen molar-refractivity contribution >= 4 is 51.9 Å². The molecule has 38 heavy (non-hydrogen) atoms. The Hall–Kier alpha value is -3.69. The van der Waals surface area contributed by atoms with E-state index in [4.69, 9.17) is 10.7 Å². The number of primary amides is 1. The number of amidine groups is 1. The second kappa shape index (κ2) is 11.4. The van der Waals surface area contributed by atoms with Gasteiger partial charge >= 0.3 is 0 Å². The minimum Gasteiger partial charge on any atom is -0.385 e. The van der Waals surface area contributed by atoms with Gasteiger partial charge in [0.15, 0.2) is 5.17 Å². The molecule has 9 heteroatoms. The average molecular weight is 544 g/mol. The molecule has 2 aliphatic heterocycles. The molecular formula is C29H29N5O2S2. The number of aliphatic imine (C=N–C) groups is 1. The first-order chi connectivity index (χ1) is 18.5. The SMILES string of the molecule is CCNc1ccc(C(N)=O)cc1CCN=C1SC(=C2Sc3ccccc3N2C)C(=O)N1Cc1ccccc1. The number of carbonyl (C=O) groups excluding carboxylic acids is 2. The molecule has 5 rings (SSSR count). The monoisotopic (exact) mass is 543 g/mol. The highest BCUT2D eigenvalue weighted by atomic mass is 32.2. The predicted molar refractivity (Wildman–Crippen MR) is 157 cm³/mol. The molecule has 1 saturated heterocycles. The molecule has 3 N–H and O–H groups in total. The molecule has 0 unspecified atom stereocenters. The van der Waals surface area contributed by atoms with Gasteiger partial charge < -0.3 is 16.0 Å². The molecule has 0 bridgehead atoms. The van der Waals surface area contributed by atoms with Crippen LogP contribution in [-0.2, 0) is 17.8 Å². The van der Waals surface area contributed by atoms with E-state index in [0.29, 0.717) is 35.1 Å². The summed E-state index contributed by atoms with van der Waals surface area (Å²) in [5.41, 5.74) is 10.0. The van der Waals surface area contributed by atoms with E-state index in [2.05, 4.69) is 22.3 Å². The molecule has 0 radical (unpaired) electrons. The summed E-state index contributed by atoms with van der Waals surface area (Å²) in [5.74, 6) is -0.495. The van der Waals surface area contributed by atoms with Crippen LogP contribution in [0.2, 0.25) is 0 Å². The standard InChI is InChI=1S/C29H29N5O2S2/c1-3-31-22-14-13-21(26(30)35)17-20(22)15-16-32-29-34(18-19-9-5-4-6-10-19)27(36)25(38-29)28-33(2)23-11-7-8-12-24(23)37-28/h4-14,17,31H,3,15-16,18H2,1-2H3,(H2,30,35). The van der Waals surface area contributed by atoms with E-state index in [1.807, 2.05) is 68.6 Å². The number of hydrogen-bond donors (Lipinski definition) is 2. The molecule has 3 aromatic rings. The molecule has 0 atom stereocenters. The van der Waals surface area contributed by atoms with Crippen molar-refractivity contribution in [3.63, 3.8) is 0 Å². The number of rotatable bonds is 8.